The third-order valence-electron chi connectivity index (χ3n) is 4.87. The standard InChI is InChI=1S/C20H22N6O2/c1-14-22-18(12-19(27)23-14)15-5-3-9-25(13-15)20(28)24-16-6-2-7-17(11-16)26-10-4-8-21-26/h2,4,6-8,10-12,15H,3,5,9,13H2,1H3,(H,24,28)(H,22,23,27). The van der Waals surface area contributed by atoms with Gasteiger partial charge in [-0.25, -0.2) is 14.5 Å². The minimum atomic E-state index is -0.153. The van der Waals surface area contributed by atoms with E-state index >= 15 is 0 Å². The number of benzene rings is 1. The lowest BCUT2D eigenvalue weighted by Crippen LogP contribution is -2.42. The fourth-order valence-electron chi connectivity index (χ4n) is 3.56. The van der Waals surface area contributed by atoms with Crippen molar-refractivity contribution in [3.63, 3.8) is 0 Å². The SMILES string of the molecule is Cc1nc(C2CCCN(C(=O)Nc3cccc(-n4cccn4)c3)C2)cc(=O)[nH]1. The van der Waals surface area contributed by atoms with Crippen LogP contribution in [0.5, 0.6) is 0 Å². The number of H-pyrrole nitrogens is 1. The Morgan fingerprint density at radius 1 is 1.29 bits per heavy atom. The molecule has 8 nitrogen and oxygen atoms in total. The maximum absolute atomic E-state index is 12.8. The minimum absolute atomic E-state index is 0.0657. The van der Waals surface area contributed by atoms with Gasteiger partial charge in [0.05, 0.1) is 11.4 Å². The van der Waals surface area contributed by atoms with Gasteiger partial charge in [0.15, 0.2) is 0 Å². The number of hydrogen-bond donors (Lipinski definition) is 2. The number of anilines is 1. The van der Waals surface area contributed by atoms with Gasteiger partial charge in [-0.1, -0.05) is 6.07 Å². The van der Waals surface area contributed by atoms with E-state index < -0.39 is 0 Å². The summed E-state index contributed by atoms with van der Waals surface area (Å²) < 4.78 is 1.74. The zero-order chi connectivity index (χ0) is 19.5. The van der Waals surface area contributed by atoms with E-state index in [9.17, 15) is 9.59 Å². The van der Waals surface area contributed by atoms with Crippen molar-refractivity contribution in [2.24, 2.45) is 0 Å². The topological polar surface area (TPSA) is 95.9 Å². The molecule has 1 aliphatic rings. The van der Waals surface area contributed by atoms with Crippen LogP contribution in [0.4, 0.5) is 10.5 Å². The highest BCUT2D eigenvalue weighted by Crippen LogP contribution is 2.25. The lowest BCUT2D eigenvalue weighted by atomic mass is 9.94. The van der Waals surface area contributed by atoms with Crippen LogP contribution in [0.3, 0.4) is 0 Å². The van der Waals surface area contributed by atoms with Gasteiger partial charge in [0.1, 0.15) is 5.82 Å². The summed E-state index contributed by atoms with van der Waals surface area (Å²) >= 11 is 0. The molecule has 3 aromatic rings. The Morgan fingerprint density at radius 3 is 2.96 bits per heavy atom. The van der Waals surface area contributed by atoms with Crippen molar-refractivity contribution in [2.45, 2.75) is 25.7 Å². The number of carbonyl (C=O) groups is 1. The number of nitrogens with zero attached hydrogens (tertiary/aromatic N) is 4. The van der Waals surface area contributed by atoms with Gasteiger partial charge in [-0.05, 0) is 44.0 Å². The molecule has 8 heteroatoms. The molecule has 4 rings (SSSR count). The predicted molar refractivity (Wildman–Crippen MR) is 106 cm³/mol. The van der Waals surface area contributed by atoms with E-state index in [0.29, 0.717) is 24.6 Å². The predicted octanol–water partition coefficient (Wildman–Crippen LogP) is 2.68. The van der Waals surface area contributed by atoms with Crippen LogP contribution in [-0.2, 0) is 0 Å². The third-order valence-corrected chi connectivity index (χ3v) is 4.87. The molecule has 3 heterocycles. The number of amides is 2. The van der Waals surface area contributed by atoms with Crippen molar-refractivity contribution in [1.29, 1.82) is 0 Å². The normalized spacial score (nSPS) is 16.8. The maximum atomic E-state index is 12.8. The molecule has 2 aromatic heterocycles. The summed E-state index contributed by atoms with van der Waals surface area (Å²) in [4.78, 5) is 33.4. The smallest absolute Gasteiger partial charge is 0.321 e. The summed E-state index contributed by atoms with van der Waals surface area (Å²) in [5, 5.41) is 7.18. The molecule has 0 saturated carbocycles. The van der Waals surface area contributed by atoms with Gasteiger partial charge in [-0.15, -0.1) is 0 Å². The van der Waals surface area contributed by atoms with Gasteiger partial charge in [0.25, 0.3) is 5.56 Å². The summed E-state index contributed by atoms with van der Waals surface area (Å²) in [6.07, 6.45) is 5.35. The molecular weight excluding hydrogens is 356 g/mol. The summed E-state index contributed by atoms with van der Waals surface area (Å²) in [7, 11) is 0. The van der Waals surface area contributed by atoms with E-state index in [1.165, 1.54) is 6.07 Å². The summed E-state index contributed by atoms with van der Waals surface area (Å²) in [6.45, 7) is 2.99. The fraction of sp³-hybridized carbons (Fsp3) is 0.300. The summed E-state index contributed by atoms with van der Waals surface area (Å²) in [5.74, 6) is 0.662. The summed E-state index contributed by atoms with van der Waals surface area (Å²) in [5.41, 5.74) is 2.19. The second kappa shape index (κ2) is 7.67. The van der Waals surface area contributed by atoms with Crippen molar-refractivity contribution < 1.29 is 4.79 Å². The van der Waals surface area contributed by atoms with Crippen LogP contribution in [0.2, 0.25) is 0 Å². The first kappa shape index (κ1) is 18.0. The number of aromatic nitrogens is 4. The van der Waals surface area contributed by atoms with Crippen LogP contribution in [0, 0.1) is 6.92 Å². The quantitative estimate of drug-likeness (QED) is 0.732. The van der Waals surface area contributed by atoms with Gasteiger partial charge >= 0.3 is 6.03 Å². The van der Waals surface area contributed by atoms with E-state index in [4.69, 9.17) is 0 Å². The second-order valence-corrected chi connectivity index (χ2v) is 6.97. The van der Waals surface area contributed by atoms with Crippen molar-refractivity contribution >= 4 is 11.7 Å². The largest absolute Gasteiger partial charge is 0.324 e. The lowest BCUT2D eigenvalue weighted by Gasteiger charge is -2.32. The van der Waals surface area contributed by atoms with Crippen LogP contribution < -0.4 is 10.9 Å². The highest BCUT2D eigenvalue weighted by Gasteiger charge is 2.26. The number of urea groups is 1. The number of likely N-dealkylation sites (tertiary alicyclic amines) is 1. The highest BCUT2D eigenvalue weighted by atomic mass is 16.2. The first-order valence-electron chi connectivity index (χ1n) is 9.32. The van der Waals surface area contributed by atoms with Crippen LogP contribution >= 0.6 is 0 Å². The number of piperidine rings is 1. The number of aryl methyl sites for hydroxylation is 1. The molecule has 0 spiro atoms. The molecule has 0 radical (unpaired) electrons. The molecule has 28 heavy (non-hydrogen) atoms. The van der Waals surface area contributed by atoms with Crippen molar-refractivity contribution in [3.8, 4) is 5.69 Å². The van der Waals surface area contributed by atoms with E-state index in [1.54, 1.807) is 22.7 Å². The first-order chi connectivity index (χ1) is 13.6. The van der Waals surface area contributed by atoms with Crippen LogP contribution in [0.25, 0.3) is 5.69 Å². The molecule has 1 saturated heterocycles. The average Bonchev–Trinajstić information content (AvgIpc) is 3.22. The lowest BCUT2D eigenvalue weighted by molar-refractivity contribution is 0.192. The molecule has 1 unspecified atom stereocenters. The van der Waals surface area contributed by atoms with Crippen molar-refractivity contribution in [2.75, 3.05) is 18.4 Å². The molecule has 1 atom stereocenters. The van der Waals surface area contributed by atoms with E-state index in [0.717, 1.165) is 24.2 Å². The molecule has 2 N–H and O–H groups in total. The number of rotatable bonds is 3. The zero-order valence-corrected chi connectivity index (χ0v) is 15.6. The maximum Gasteiger partial charge on any atom is 0.321 e. The molecule has 1 aliphatic heterocycles. The molecule has 2 amide bonds. The zero-order valence-electron chi connectivity index (χ0n) is 15.6. The number of carbonyl (C=O) groups excluding carboxylic acids is 1. The van der Waals surface area contributed by atoms with Gasteiger partial charge in [0, 0.05) is 43.2 Å². The molecule has 0 aliphatic carbocycles. The molecule has 1 aromatic carbocycles. The fourth-order valence-corrected chi connectivity index (χ4v) is 3.56. The Kier molecular flexibility index (Phi) is 4.92. The van der Waals surface area contributed by atoms with Gasteiger partial charge in [-0.2, -0.15) is 5.10 Å². The van der Waals surface area contributed by atoms with Gasteiger partial charge in [-0.3, -0.25) is 4.79 Å². The molecule has 1 fully saturated rings. The molecule has 144 valence electrons. The molecular formula is C20H22N6O2. The Bertz CT molecular complexity index is 1030. The highest BCUT2D eigenvalue weighted by molar-refractivity contribution is 5.89. The Labute approximate surface area is 162 Å². The number of aromatic amines is 1. The Hall–Kier alpha value is -3.42. The van der Waals surface area contributed by atoms with Crippen molar-refractivity contribution in [3.05, 3.63) is 70.7 Å². The van der Waals surface area contributed by atoms with Gasteiger partial charge in [0.2, 0.25) is 0 Å². The van der Waals surface area contributed by atoms with Crippen molar-refractivity contribution in [1.82, 2.24) is 24.6 Å². The monoisotopic (exact) mass is 378 g/mol. The van der Waals surface area contributed by atoms with E-state index in [2.05, 4.69) is 20.4 Å². The van der Waals surface area contributed by atoms with E-state index in [1.807, 2.05) is 36.5 Å². The number of nitrogens with one attached hydrogen (secondary N) is 2. The Morgan fingerprint density at radius 2 is 2.18 bits per heavy atom. The first-order valence-corrected chi connectivity index (χ1v) is 9.32. The van der Waals surface area contributed by atoms with Crippen LogP contribution in [0.15, 0.2) is 53.6 Å². The number of hydrogen-bond acceptors (Lipinski definition) is 4. The van der Waals surface area contributed by atoms with E-state index in [-0.39, 0.29) is 17.5 Å². The minimum Gasteiger partial charge on any atom is -0.324 e. The van der Waals surface area contributed by atoms with Crippen LogP contribution in [0.1, 0.15) is 30.3 Å². The summed E-state index contributed by atoms with van der Waals surface area (Å²) in [6, 6.07) is 10.8. The second-order valence-electron chi connectivity index (χ2n) is 6.97. The Balaban J connectivity index is 1.46. The van der Waals surface area contributed by atoms with Crippen LogP contribution in [-0.4, -0.2) is 43.8 Å². The average molecular weight is 378 g/mol. The van der Waals surface area contributed by atoms with Gasteiger partial charge < -0.3 is 15.2 Å². The molecule has 0 bridgehead atoms. The third kappa shape index (κ3) is 3.95.